The van der Waals surface area contributed by atoms with Gasteiger partial charge in [-0.3, -0.25) is 14.7 Å². The highest BCUT2D eigenvalue weighted by Gasteiger charge is 2.29. The van der Waals surface area contributed by atoms with Crippen molar-refractivity contribution < 1.29 is 9.90 Å². The van der Waals surface area contributed by atoms with E-state index in [9.17, 15) is 4.79 Å². The van der Waals surface area contributed by atoms with E-state index >= 15 is 0 Å². The van der Waals surface area contributed by atoms with Gasteiger partial charge in [-0.05, 0) is 20.1 Å². The van der Waals surface area contributed by atoms with Crippen molar-refractivity contribution in [1.82, 2.24) is 4.90 Å². The number of rotatable bonds is 3. The van der Waals surface area contributed by atoms with E-state index in [1.165, 1.54) is 0 Å². The number of carbonyl (C=O) groups is 1. The van der Waals surface area contributed by atoms with Crippen molar-refractivity contribution in [2.75, 3.05) is 13.1 Å². The first-order chi connectivity index (χ1) is 5.65. The van der Waals surface area contributed by atoms with Crippen molar-refractivity contribution in [3.8, 4) is 0 Å². The Labute approximate surface area is 71.9 Å². The van der Waals surface area contributed by atoms with Crippen molar-refractivity contribution in [3.63, 3.8) is 0 Å². The monoisotopic (exact) mass is 170 g/mol. The summed E-state index contributed by atoms with van der Waals surface area (Å²) in [6, 6.07) is 0. The minimum atomic E-state index is -0.700. The first-order valence-electron chi connectivity index (χ1n) is 4.08. The maximum atomic E-state index is 10.6. The highest BCUT2D eigenvalue weighted by atomic mass is 16.4. The van der Waals surface area contributed by atoms with Crippen molar-refractivity contribution >= 4 is 12.7 Å². The molecule has 0 aromatic heterocycles. The Balaban J connectivity index is 2.45. The second-order valence-electron chi connectivity index (χ2n) is 3.13. The minimum absolute atomic E-state index is 0.0503. The lowest BCUT2D eigenvalue weighted by Gasteiger charge is -2.19. The Morgan fingerprint density at radius 2 is 2.50 bits per heavy atom. The number of carboxylic acid groups (broad SMARTS) is 1. The van der Waals surface area contributed by atoms with E-state index in [-0.39, 0.29) is 12.1 Å². The molecule has 0 radical (unpaired) electrons. The quantitative estimate of drug-likeness (QED) is 0.625. The predicted molar refractivity (Wildman–Crippen MR) is 46.3 cm³/mol. The Morgan fingerprint density at radius 1 is 1.83 bits per heavy atom. The third-order valence-electron chi connectivity index (χ3n) is 2.36. The average Bonchev–Trinajstić information content (AvgIpc) is 2.51. The molecule has 1 heterocycles. The number of hydrogen-bond donors (Lipinski definition) is 1. The van der Waals surface area contributed by atoms with Gasteiger partial charge < -0.3 is 5.11 Å². The van der Waals surface area contributed by atoms with E-state index in [0.29, 0.717) is 6.54 Å². The molecule has 4 nitrogen and oxygen atoms in total. The molecule has 12 heavy (non-hydrogen) atoms. The molecule has 0 aromatic carbocycles. The minimum Gasteiger partial charge on any atom is -0.481 e. The fourth-order valence-corrected chi connectivity index (χ4v) is 1.44. The van der Waals surface area contributed by atoms with Crippen LogP contribution in [0.15, 0.2) is 4.99 Å². The van der Waals surface area contributed by atoms with Crippen LogP contribution in [0.4, 0.5) is 0 Å². The van der Waals surface area contributed by atoms with Crippen molar-refractivity contribution in [2.45, 2.75) is 19.5 Å². The van der Waals surface area contributed by atoms with Gasteiger partial charge in [-0.15, -0.1) is 0 Å². The van der Waals surface area contributed by atoms with Crippen molar-refractivity contribution in [3.05, 3.63) is 0 Å². The lowest BCUT2D eigenvalue weighted by Crippen LogP contribution is -2.30. The normalized spacial score (nSPS) is 26.9. The highest BCUT2D eigenvalue weighted by molar-refractivity contribution is 5.70. The molecule has 4 heteroatoms. The molecular weight excluding hydrogens is 156 g/mol. The standard InChI is InChI=1S/C8H14N2O2/c1-6(9-2)10-4-3-7(5-10)8(11)12/h6-7H,2-5H2,1H3,(H,11,12). The van der Waals surface area contributed by atoms with Gasteiger partial charge in [-0.25, -0.2) is 0 Å². The lowest BCUT2D eigenvalue weighted by atomic mass is 10.1. The molecule has 1 rings (SSSR count). The van der Waals surface area contributed by atoms with E-state index in [1.807, 2.05) is 11.8 Å². The smallest absolute Gasteiger partial charge is 0.307 e. The molecule has 1 aliphatic heterocycles. The number of aliphatic carboxylic acids is 1. The first-order valence-corrected chi connectivity index (χ1v) is 4.08. The van der Waals surface area contributed by atoms with Gasteiger partial charge in [0.1, 0.15) is 0 Å². The fraction of sp³-hybridized carbons (Fsp3) is 0.750. The second kappa shape index (κ2) is 3.67. The summed E-state index contributed by atoms with van der Waals surface area (Å²) >= 11 is 0. The number of nitrogens with zero attached hydrogens (tertiary/aromatic N) is 2. The Bertz CT molecular complexity index is 193. The SMILES string of the molecule is C=NC(C)N1CCC(C(=O)O)C1. The number of carboxylic acids is 1. The van der Waals surface area contributed by atoms with Gasteiger partial charge in [0, 0.05) is 13.1 Å². The summed E-state index contributed by atoms with van der Waals surface area (Å²) in [6.07, 6.45) is 0.782. The van der Waals surface area contributed by atoms with E-state index < -0.39 is 5.97 Å². The van der Waals surface area contributed by atoms with Crippen molar-refractivity contribution in [2.24, 2.45) is 10.9 Å². The molecule has 1 N–H and O–H groups in total. The van der Waals surface area contributed by atoms with Gasteiger partial charge in [-0.1, -0.05) is 0 Å². The van der Waals surface area contributed by atoms with Crippen LogP contribution < -0.4 is 0 Å². The van der Waals surface area contributed by atoms with Crippen LogP contribution in [0.3, 0.4) is 0 Å². The molecule has 0 spiro atoms. The molecule has 1 saturated heterocycles. The van der Waals surface area contributed by atoms with Gasteiger partial charge in [0.15, 0.2) is 0 Å². The topological polar surface area (TPSA) is 52.9 Å². The summed E-state index contributed by atoms with van der Waals surface area (Å²) in [4.78, 5) is 16.5. The van der Waals surface area contributed by atoms with Crippen LogP contribution in [0.1, 0.15) is 13.3 Å². The summed E-state index contributed by atoms with van der Waals surface area (Å²) < 4.78 is 0. The van der Waals surface area contributed by atoms with E-state index in [4.69, 9.17) is 5.11 Å². The van der Waals surface area contributed by atoms with Crippen LogP contribution in [0.2, 0.25) is 0 Å². The summed E-state index contributed by atoms with van der Waals surface area (Å²) in [5.74, 6) is -0.914. The zero-order valence-corrected chi connectivity index (χ0v) is 7.23. The Morgan fingerprint density at radius 3 is 2.92 bits per heavy atom. The molecule has 0 bridgehead atoms. The van der Waals surface area contributed by atoms with E-state index in [1.54, 1.807) is 0 Å². The molecular formula is C8H14N2O2. The van der Waals surface area contributed by atoms with Gasteiger partial charge in [0.25, 0.3) is 0 Å². The average molecular weight is 170 g/mol. The third kappa shape index (κ3) is 1.82. The number of hydrogen-bond acceptors (Lipinski definition) is 3. The summed E-state index contributed by atoms with van der Waals surface area (Å²) in [7, 11) is 0. The van der Waals surface area contributed by atoms with Crippen LogP contribution >= 0.6 is 0 Å². The molecule has 2 unspecified atom stereocenters. The zero-order chi connectivity index (χ0) is 9.14. The number of likely N-dealkylation sites (tertiary alicyclic amines) is 1. The zero-order valence-electron chi connectivity index (χ0n) is 7.23. The van der Waals surface area contributed by atoms with E-state index in [2.05, 4.69) is 11.7 Å². The predicted octanol–water partition coefficient (Wildman–Crippen LogP) is 0.439. The van der Waals surface area contributed by atoms with Gasteiger partial charge in [0.2, 0.25) is 0 Å². The fourth-order valence-electron chi connectivity index (χ4n) is 1.44. The molecule has 1 fully saturated rings. The van der Waals surface area contributed by atoms with Crippen LogP contribution in [-0.4, -0.2) is 41.9 Å². The van der Waals surface area contributed by atoms with Crippen LogP contribution in [0.25, 0.3) is 0 Å². The maximum absolute atomic E-state index is 10.6. The second-order valence-corrected chi connectivity index (χ2v) is 3.13. The molecule has 68 valence electrons. The van der Waals surface area contributed by atoms with Crippen LogP contribution in [0, 0.1) is 5.92 Å². The van der Waals surface area contributed by atoms with Gasteiger partial charge >= 0.3 is 5.97 Å². The molecule has 2 atom stereocenters. The molecule has 1 aliphatic rings. The van der Waals surface area contributed by atoms with Crippen molar-refractivity contribution in [1.29, 1.82) is 0 Å². The Kier molecular flexibility index (Phi) is 2.81. The van der Waals surface area contributed by atoms with E-state index in [0.717, 1.165) is 13.0 Å². The largest absolute Gasteiger partial charge is 0.481 e. The first kappa shape index (κ1) is 9.19. The van der Waals surface area contributed by atoms with Gasteiger partial charge in [0.05, 0.1) is 12.1 Å². The van der Waals surface area contributed by atoms with Crippen LogP contribution in [0.5, 0.6) is 0 Å². The molecule has 0 aromatic rings. The van der Waals surface area contributed by atoms with Gasteiger partial charge in [-0.2, -0.15) is 0 Å². The summed E-state index contributed by atoms with van der Waals surface area (Å²) in [5.41, 5.74) is 0. The maximum Gasteiger partial charge on any atom is 0.307 e. The van der Waals surface area contributed by atoms with Crippen LogP contribution in [-0.2, 0) is 4.79 Å². The molecule has 0 amide bonds. The molecule has 0 saturated carbocycles. The highest BCUT2D eigenvalue weighted by Crippen LogP contribution is 2.18. The third-order valence-corrected chi connectivity index (χ3v) is 2.36. The number of aliphatic imine (C=N–C) groups is 1. The Hall–Kier alpha value is -0.900. The molecule has 0 aliphatic carbocycles. The summed E-state index contributed by atoms with van der Waals surface area (Å²) in [6.45, 7) is 6.79. The summed E-state index contributed by atoms with van der Waals surface area (Å²) in [5, 5.41) is 8.71. The lowest BCUT2D eigenvalue weighted by molar-refractivity contribution is -0.141.